The van der Waals surface area contributed by atoms with Crippen LogP contribution in [0.2, 0.25) is 5.15 Å². The van der Waals surface area contributed by atoms with Gasteiger partial charge >= 0.3 is 0 Å². The quantitative estimate of drug-likeness (QED) is 0.751. The van der Waals surface area contributed by atoms with E-state index < -0.39 is 17.1 Å². The van der Waals surface area contributed by atoms with E-state index in [1.165, 1.54) is 10.6 Å². The lowest BCUT2D eigenvalue weighted by atomic mass is 9.98. The predicted molar refractivity (Wildman–Crippen MR) is 87.1 cm³/mol. The fraction of sp³-hybridized carbons (Fsp3) is 0.250. The number of pyridine rings is 1. The van der Waals surface area contributed by atoms with Gasteiger partial charge in [0.2, 0.25) is 0 Å². The van der Waals surface area contributed by atoms with Crippen molar-refractivity contribution in [3.63, 3.8) is 0 Å². The van der Waals surface area contributed by atoms with Crippen LogP contribution < -0.4 is 5.56 Å². The SMILES string of the molecule is Cc1[nH]nc(Cl)c1-n1cc(C(C)C)c2cc(O)c(F)cc2c1=O. The van der Waals surface area contributed by atoms with E-state index in [1.54, 1.807) is 13.1 Å². The number of aryl methyl sites for hydroxylation is 1. The molecule has 2 aromatic heterocycles. The summed E-state index contributed by atoms with van der Waals surface area (Å²) in [5, 5.41) is 17.1. The fourth-order valence-electron chi connectivity index (χ4n) is 2.67. The van der Waals surface area contributed by atoms with Crippen LogP contribution >= 0.6 is 11.6 Å². The monoisotopic (exact) mass is 335 g/mol. The number of fused-ring (bicyclic) bond motifs is 1. The van der Waals surface area contributed by atoms with Crippen molar-refractivity contribution < 1.29 is 9.50 Å². The Morgan fingerprint density at radius 1 is 1.35 bits per heavy atom. The highest BCUT2D eigenvalue weighted by Crippen LogP contribution is 2.30. The standard InChI is InChI=1S/C16H15ClFN3O2/c1-7(2)11-6-21(14-8(3)19-20-15(14)17)16(23)10-4-12(18)13(22)5-9(10)11/h4-7,22H,1-3H3,(H,19,20). The molecule has 3 rings (SSSR count). The van der Waals surface area contributed by atoms with Crippen LogP contribution in [0.5, 0.6) is 5.75 Å². The molecule has 23 heavy (non-hydrogen) atoms. The van der Waals surface area contributed by atoms with Crippen molar-refractivity contribution in [3.05, 3.63) is 50.9 Å². The summed E-state index contributed by atoms with van der Waals surface area (Å²) in [5.74, 6) is -1.26. The summed E-state index contributed by atoms with van der Waals surface area (Å²) in [6.45, 7) is 5.65. The van der Waals surface area contributed by atoms with Gasteiger partial charge in [-0.3, -0.25) is 14.5 Å². The van der Waals surface area contributed by atoms with Crippen LogP contribution in [0.25, 0.3) is 16.5 Å². The molecular weight excluding hydrogens is 321 g/mol. The number of hydrogen-bond donors (Lipinski definition) is 2. The maximum absolute atomic E-state index is 13.8. The second-order valence-corrected chi connectivity index (χ2v) is 6.11. The molecule has 0 bridgehead atoms. The third kappa shape index (κ3) is 2.39. The van der Waals surface area contributed by atoms with Gasteiger partial charge in [-0.05, 0) is 35.9 Å². The van der Waals surface area contributed by atoms with Crippen LogP contribution in [0, 0.1) is 12.7 Å². The van der Waals surface area contributed by atoms with Gasteiger partial charge in [-0.25, -0.2) is 4.39 Å². The summed E-state index contributed by atoms with van der Waals surface area (Å²) in [5.41, 5.74) is 1.45. The number of phenolic OH excluding ortho intramolecular Hbond substituents is 1. The molecule has 2 N–H and O–H groups in total. The molecule has 1 aromatic carbocycles. The van der Waals surface area contributed by atoms with Gasteiger partial charge in [0.25, 0.3) is 5.56 Å². The number of aromatic hydroxyl groups is 1. The van der Waals surface area contributed by atoms with E-state index in [0.29, 0.717) is 16.8 Å². The van der Waals surface area contributed by atoms with E-state index in [4.69, 9.17) is 11.6 Å². The van der Waals surface area contributed by atoms with E-state index in [2.05, 4.69) is 10.2 Å². The highest BCUT2D eigenvalue weighted by atomic mass is 35.5. The number of aromatic nitrogens is 3. The number of nitrogens with one attached hydrogen (secondary N) is 1. The molecule has 0 aliphatic carbocycles. The number of nitrogens with zero attached hydrogens (tertiary/aromatic N) is 2. The van der Waals surface area contributed by atoms with Crippen molar-refractivity contribution in [1.82, 2.24) is 14.8 Å². The number of benzene rings is 1. The minimum atomic E-state index is -0.836. The Labute approximate surface area is 136 Å². The number of phenols is 1. The van der Waals surface area contributed by atoms with E-state index in [1.807, 2.05) is 13.8 Å². The van der Waals surface area contributed by atoms with Gasteiger partial charge < -0.3 is 5.11 Å². The summed E-state index contributed by atoms with van der Waals surface area (Å²) in [6, 6.07) is 2.34. The molecule has 0 atom stereocenters. The van der Waals surface area contributed by atoms with E-state index in [9.17, 15) is 14.3 Å². The third-order valence-electron chi connectivity index (χ3n) is 3.85. The summed E-state index contributed by atoms with van der Waals surface area (Å²) in [6.07, 6.45) is 1.66. The van der Waals surface area contributed by atoms with E-state index in [-0.39, 0.29) is 16.5 Å². The van der Waals surface area contributed by atoms with Crippen LogP contribution in [0.3, 0.4) is 0 Å². The van der Waals surface area contributed by atoms with Gasteiger partial charge in [0.15, 0.2) is 16.7 Å². The number of rotatable bonds is 2. The molecule has 0 aliphatic rings. The van der Waals surface area contributed by atoms with Gasteiger partial charge in [0.1, 0.15) is 5.69 Å². The fourth-order valence-corrected chi connectivity index (χ4v) is 2.95. The lowest BCUT2D eigenvalue weighted by molar-refractivity contribution is 0.433. The number of halogens is 2. The molecule has 0 saturated heterocycles. The smallest absolute Gasteiger partial charge is 0.263 e. The average Bonchev–Trinajstić information content (AvgIpc) is 2.81. The van der Waals surface area contributed by atoms with Crippen molar-refractivity contribution in [3.8, 4) is 11.4 Å². The third-order valence-corrected chi connectivity index (χ3v) is 4.11. The first-order valence-electron chi connectivity index (χ1n) is 7.10. The average molecular weight is 336 g/mol. The maximum Gasteiger partial charge on any atom is 0.263 e. The summed E-state index contributed by atoms with van der Waals surface area (Å²) in [4.78, 5) is 12.8. The van der Waals surface area contributed by atoms with Crippen molar-refractivity contribution in [2.24, 2.45) is 0 Å². The molecule has 0 aliphatic heterocycles. The van der Waals surface area contributed by atoms with Crippen LogP contribution in [0.15, 0.2) is 23.1 Å². The zero-order valence-electron chi connectivity index (χ0n) is 12.8. The van der Waals surface area contributed by atoms with Gasteiger partial charge in [-0.15, -0.1) is 0 Å². The van der Waals surface area contributed by atoms with Crippen molar-refractivity contribution in [2.75, 3.05) is 0 Å². The first-order valence-corrected chi connectivity index (χ1v) is 7.47. The summed E-state index contributed by atoms with van der Waals surface area (Å²) < 4.78 is 15.1. The summed E-state index contributed by atoms with van der Waals surface area (Å²) >= 11 is 6.08. The van der Waals surface area contributed by atoms with Gasteiger partial charge in [-0.2, -0.15) is 5.10 Å². The molecule has 7 heteroatoms. The molecular formula is C16H15ClFN3O2. The zero-order valence-corrected chi connectivity index (χ0v) is 13.6. The summed E-state index contributed by atoms with van der Waals surface area (Å²) in [7, 11) is 0. The van der Waals surface area contributed by atoms with E-state index >= 15 is 0 Å². The second-order valence-electron chi connectivity index (χ2n) is 5.75. The Hall–Kier alpha value is -2.34. The van der Waals surface area contributed by atoms with Crippen LogP contribution in [-0.2, 0) is 0 Å². The van der Waals surface area contributed by atoms with Crippen LogP contribution in [-0.4, -0.2) is 19.9 Å². The van der Waals surface area contributed by atoms with Crippen molar-refractivity contribution in [2.45, 2.75) is 26.7 Å². The van der Waals surface area contributed by atoms with Gasteiger partial charge in [0, 0.05) is 6.20 Å². The predicted octanol–water partition coefficient (Wildman–Crippen LogP) is 3.64. The Balaban J connectivity index is 2.49. The molecule has 3 aromatic rings. The minimum absolute atomic E-state index is 0.0557. The zero-order chi connectivity index (χ0) is 16.9. The first kappa shape index (κ1) is 15.6. The minimum Gasteiger partial charge on any atom is -0.505 e. The highest BCUT2D eigenvalue weighted by molar-refractivity contribution is 6.31. The Kier molecular flexibility index (Phi) is 3.64. The second kappa shape index (κ2) is 5.38. The van der Waals surface area contributed by atoms with Crippen LogP contribution in [0.1, 0.15) is 31.0 Å². The molecule has 0 spiro atoms. The Morgan fingerprint density at radius 3 is 2.61 bits per heavy atom. The molecule has 0 fully saturated rings. The number of aromatic amines is 1. The molecule has 0 amide bonds. The molecule has 120 valence electrons. The lowest BCUT2D eigenvalue weighted by Crippen LogP contribution is -2.20. The topological polar surface area (TPSA) is 70.9 Å². The number of hydrogen-bond acceptors (Lipinski definition) is 3. The normalized spacial score (nSPS) is 11.6. The van der Waals surface area contributed by atoms with Gasteiger partial charge in [-0.1, -0.05) is 25.4 Å². The number of H-pyrrole nitrogens is 1. The maximum atomic E-state index is 13.8. The van der Waals surface area contributed by atoms with E-state index in [0.717, 1.165) is 11.6 Å². The molecule has 2 heterocycles. The molecule has 0 unspecified atom stereocenters. The largest absolute Gasteiger partial charge is 0.505 e. The van der Waals surface area contributed by atoms with Gasteiger partial charge in [0.05, 0.1) is 11.1 Å². The molecule has 0 radical (unpaired) electrons. The Bertz CT molecular complexity index is 956. The first-order chi connectivity index (χ1) is 10.8. The van der Waals surface area contributed by atoms with Crippen molar-refractivity contribution >= 4 is 22.4 Å². The van der Waals surface area contributed by atoms with Crippen LogP contribution in [0.4, 0.5) is 4.39 Å². The lowest BCUT2D eigenvalue weighted by Gasteiger charge is -2.15. The molecule has 0 saturated carbocycles. The molecule has 5 nitrogen and oxygen atoms in total. The van der Waals surface area contributed by atoms with Crippen molar-refractivity contribution in [1.29, 1.82) is 0 Å². The highest BCUT2D eigenvalue weighted by Gasteiger charge is 2.18. The Morgan fingerprint density at radius 2 is 2.04 bits per heavy atom.